The van der Waals surface area contributed by atoms with Gasteiger partial charge < -0.3 is 19.9 Å². The van der Waals surface area contributed by atoms with Crippen molar-refractivity contribution in [2.45, 2.75) is 0 Å². The highest BCUT2D eigenvalue weighted by atomic mass is 14.9. The lowest BCUT2D eigenvalue weighted by atomic mass is 9.98. The van der Waals surface area contributed by atoms with E-state index in [9.17, 15) is 0 Å². The number of nitrogens with zero attached hydrogens (tertiary/aromatic N) is 4. The van der Waals surface area contributed by atoms with E-state index in [0.29, 0.717) is 0 Å². The number of rotatable bonds is 2. The van der Waals surface area contributed by atoms with Crippen LogP contribution in [0.5, 0.6) is 0 Å². The van der Waals surface area contributed by atoms with Gasteiger partial charge in [-0.2, -0.15) is 0 Å². The third-order valence-electron chi connectivity index (χ3n) is 15.3. The second-order valence-electron chi connectivity index (χ2n) is 21.2. The summed E-state index contributed by atoms with van der Waals surface area (Å²) in [6.45, 7) is 0. The lowest BCUT2D eigenvalue weighted by Gasteiger charge is -2.10. The first-order chi connectivity index (χ1) is 43.5. The zero-order valence-corrected chi connectivity index (χ0v) is 47.2. The van der Waals surface area contributed by atoms with Crippen LogP contribution in [0.25, 0.3) is 22.3 Å². The zero-order valence-electron chi connectivity index (χ0n) is 47.2. The molecule has 0 aliphatic carbocycles. The van der Waals surface area contributed by atoms with Crippen LogP contribution >= 0.6 is 0 Å². The molecule has 0 atom stereocenters. The van der Waals surface area contributed by atoms with E-state index in [1.165, 1.54) is 0 Å². The molecule has 8 nitrogen and oxygen atoms in total. The van der Waals surface area contributed by atoms with Crippen LogP contribution in [0.3, 0.4) is 0 Å². The second-order valence-corrected chi connectivity index (χ2v) is 21.2. The minimum absolute atomic E-state index is 0.815. The average Bonchev–Trinajstić information content (AvgIpc) is 2.70. The van der Waals surface area contributed by atoms with Gasteiger partial charge in [-0.1, -0.05) is 108 Å². The van der Waals surface area contributed by atoms with Gasteiger partial charge in [-0.3, -0.25) is 9.98 Å². The van der Waals surface area contributed by atoms with Gasteiger partial charge in [-0.05, 0) is 204 Å². The average molecular weight is 1120 g/mol. The maximum Gasteiger partial charge on any atom is 0.0872 e. The van der Waals surface area contributed by atoms with Crippen molar-refractivity contribution in [2.24, 2.45) is 20.0 Å². The van der Waals surface area contributed by atoms with E-state index < -0.39 is 0 Å². The Balaban J connectivity index is 0.824. The largest absolute Gasteiger partial charge is 0.361 e. The number of allylic oxidation sites excluding steroid dienone is 8. The summed E-state index contributed by atoms with van der Waals surface area (Å²) in [5, 5.41) is 0. The fourth-order valence-electron chi connectivity index (χ4n) is 11.3. The van der Waals surface area contributed by atoms with Crippen molar-refractivity contribution in [1.29, 1.82) is 0 Å². The van der Waals surface area contributed by atoms with Crippen molar-refractivity contribution in [1.82, 2.24) is 19.9 Å². The SMILES string of the molecule is C1#Cc2cccc(c2)C(c2ccc[nH]2)=C2C=CC(=N2)c2ccc([nH]2)/C(=C2\C=CC=N2)c2cccc(c2)C#Cc2cccc(c2)C#Cc2cccc(c2)/C(=C2/C=CC=N2)c2ccc([nH]2)C2=N/C(=C(\c3ccc[nH]3)c3cccc(c3)C#Cc3cccc1c3)C=C2. The molecule has 88 heavy (non-hydrogen) atoms. The molecule has 9 heterocycles. The summed E-state index contributed by atoms with van der Waals surface area (Å²) in [7, 11) is 0. The van der Waals surface area contributed by atoms with E-state index in [2.05, 4.69) is 177 Å². The van der Waals surface area contributed by atoms with Gasteiger partial charge in [0.05, 0.1) is 45.6 Å². The quantitative estimate of drug-likeness (QED) is 0.124. The Morgan fingerprint density at radius 2 is 0.580 bits per heavy atom. The van der Waals surface area contributed by atoms with Crippen LogP contribution in [0.2, 0.25) is 0 Å². The molecular formula is C80H48N8. The Morgan fingerprint density at radius 3 is 0.898 bits per heavy atom. The molecule has 0 radical (unpaired) electrons. The van der Waals surface area contributed by atoms with Gasteiger partial charge in [-0.15, -0.1) is 0 Å². The van der Waals surface area contributed by atoms with Crippen LogP contribution in [0.4, 0.5) is 0 Å². The molecule has 10 aromatic rings. The number of nitrogens with one attached hydrogen (secondary N) is 4. The predicted molar refractivity (Wildman–Crippen MR) is 356 cm³/mol. The third-order valence-corrected chi connectivity index (χ3v) is 15.3. The molecular weight excluding hydrogens is 1070 g/mol. The first-order valence-corrected chi connectivity index (χ1v) is 28.8. The first-order valence-electron chi connectivity index (χ1n) is 28.8. The summed E-state index contributed by atoms with van der Waals surface area (Å²) in [6.07, 6.45) is 23.8. The van der Waals surface area contributed by atoms with Crippen molar-refractivity contribution in [3.8, 4) is 47.4 Å². The Bertz CT molecular complexity index is 4850. The maximum atomic E-state index is 5.26. The van der Waals surface area contributed by atoms with Gasteiger partial charge >= 0.3 is 0 Å². The van der Waals surface area contributed by atoms with E-state index in [4.69, 9.17) is 20.0 Å². The lowest BCUT2D eigenvalue weighted by molar-refractivity contribution is 1.29. The summed E-state index contributed by atoms with van der Waals surface area (Å²) < 4.78 is 0. The molecule has 0 amide bonds. The highest BCUT2D eigenvalue weighted by molar-refractivity contribution is 6.12. The molecule has 6 aromatic carbocycles. The van der Waals surface area contributed by atoms with Crippen molar-refractivity contribution < 1.29 is 0 Å². The van der Waals surface area contributed by atoms with Gasteiger partial charge in [-0.25, -0.2) is 9.98 Å². The van der Waals surface area contributed by atoms with E-state index in [1.54, 1.807) is 0 Å². The molecule has 0 saturated carbocycles. The maximum absolute atomic E-state index is 5.26. The molecule has 0 unspecified atom stereocenters. The fraction of sp³-hybridized carbons (Fsp3) is 0. The number of benzene rings is 6. The van der Waals surface area contributed by atoms with Gasteiger partial charge in [0.1, 0.15) is 0 Å². The van der Waals surface area contributed by atoms with Gasteiger partial charge in [0.2, 0.25) is 0 Å². The van der Waals surface area contributed by atoms with Crippen molar-refractivity contribution >= 4 is 46.1 Å². The molecule has 0 spiro atoms. The first kappa shape index (κ1) is 52.1. The number of hydrogen-bond donors (Lipinski definition) is 4. The highest BCUT2D eigenvalue weighted by Gasteiger charge is 2.22. The molecule has 0 fully saturated rings. The predicted octanol–water partition coefficient (Wildman–Crippen LogP) is 15.3. The van der Waals surface area contributed by atoms with Crippen molar-refractivity contribution in [3.05, 3.63) is 379 Å². The smallest absolute Gasteiger partial charge is 0.0872 e. The topological polar surface area (TPSA) is 113 Å². The Labute approximate surface area is 509 Å². The normalized spacial score (nSPS) is 17.0. The van der Waals surface area contributed by atoms with Crippen LogP contribution in [-0.2, 0) is 0 Å². The highest BCUT2D eigenvalue weighted by Crippen LogP contribution is 2.36. The van der Waals surface area contributed by atoms with Gasteiger partial charge in [0.15, 0.2) is 0 Å². The van der Waals surface area contributed by atoms with Gasteiger partial charge in [0.25, 0.3) is 0 Å². The molecule has 4 N–H and O–H groups in total. The summed E-state index contributed by atoms with van der Waals surface area (Å²) >= 11 is 0. The number of hydrogen-bond acceptors (Lipinski definition) is 4. The van der Waals surface area contributed by atoms with Gasteiger partial charge in [0, 0.05) is 114 Å². The summed E-state index contributed by atoms with van der Waals surface area (Å²) in [4.78, 5) is 34.4. The molecule has 20 bridgehead atoms. The minimum atomic E-state index is 0.815. The summed E-state index contributed by atoms with van der Waals surface area (Å²) in [5.74, 6) is 27.4. The van der Waals surface area contributed by atoms with Crippen LogP contribution in [0.1, 0.15) is 101 Å². The standard InChI is InChI=1S/C80H48N8/c1-11-53-27-31-57-15-3-19-61(49-57)77(69-23-7-43-81-69)73-39-35-65(85-73)67-37-41-75(87-67)79(71-25-9-45-83-71)63-21-5-17-59(51-63)33-29-55-13-2-14-56(48-55)30-34-60-18-6-22-64(52-60)80(72-26-10-46-84-72)76-42-38-68(88-76)66-36-40-74(86-66)78(70-24-8-44-82-70)62-20-4-16-58(50-62)32-28-54(12-1)47-53/h1-26,35-52,81-82,87-88H/b77-73-,78-74?,79-71+,80-72+. The fourth-order valence-corrected chi connectivity index (χ4v) is 11.3. The number of aromatic nitrogens is 4. The molecule has 15 rings (SSSR count). The number of fused-ring (bicyclic) bond motifs is 20. The number of aromatic amines is 4. The summed E-state index contributed by atoms with van der Waals surface area (Å²) in [5.41, 5.74) is 25.2. The van der Waals surface area contributed by atoms with E-state index in [-0.39, 0.29) is 0 Å². The van der Waals surface area contributed by atoms with Crippen molar-refractivity contribution in [2.75, 3.05) is 0 Å². The Hall–Kier alpha value is -12.7. The Morgan fingerprint density at radius 1 is 0.261 bits per heavy atom. The molecule has 0 saturated heterocycles. The molecule has 8 heteroatoms. The number of aliphatic imine (C=N–C) groups is 4. The molecule has 4 aromatic heterocycles. The second kappa shape index (κ2) is 23.1. The monoisotopic (exact) mass is 1120 g/mol. The molecule has 5 aliphatic rings. The van der Waals surface area contributed by atoms with E-state index in [0.717, 1.165) is 157 Å². The third kappa shape index (κ3) is 10.9. The lowest BCUT2D eigenvalue weighted by Crippen LogP contribution is -1.98. The number of H-pyrrole nitrogens is 4. The van der Waals surface area contributed by atoms with E-state index in [1.807, 2.05) is 158 Å². The van der Waals surface area contributed by atoms with Crippen LogP contribution in [0.15, 0.2) is 298 Å². The minimum Gasteiger partial charge on any atom is -0.361 e. The zero-order chi connectivity index (χ0) is 58.6. The van der Waals surface area contributed by atoms with E-state index >= 15 is 0 Å². The van der Waals surface area contributed by atoms with Crippen LogP contribution in [0, 0.1) is 47.4 Å². The summed E-state index contributed by atoms with van der Waals surface area (Å²) in [6, 6.07) is 65.9. The molecule has 5 aliphatic heterocycles. The van der Waals surface area contributed by atoms with Crippen LogP contribution in [-0.4, -0.2) is 43.8 Å². The van der Waals surface area contributed by atoms with Crippen molar-refractivity contribution in [3.63, 3.8) is 0 Å². The van der Waals surface area contributed by atoms with Crippen LogP contribution < -0.4 is 0 Å². The molecule has 408 valence electrons. The Kier molecular flexibility index (Phi) is 13.7.